The van der Waals surface area contributed by atoms with Crippen molar-refractivity contribution in [2.75, 3.05) is 27.2 Å². The molecule has 0 aliphatic carbocycles. The standard InChI is InChI=1S/C14H17N3O/c1-17(2)10-9-16-14(18)13-12-6-4-3-5-11(12)7-8-15-13/h3-8H,9-10H2,1-2H3,(H,16,18). The third kappa shape index (κ3) is 2.84. The molecule has 0 atom stereocenters. The quantitative estimate of drug-likeness (QED) is 0.885. The Bertz CT molecular complexity index is 546. The van der Waals surface area contributed by atoms with Crippen molar-refractivity contribution in [3.8, 4) is 0 Å². The van der Waals surface area contributed by atoms with Gasteiger partial charge in [0.15, 0.2) is 0 Å². The lowest BCUT2D eigenvalue weighted by atomic mass is 10.1. The van der Waals surface area contributed by atoms with Crippen molar-refractivity contribution < 1.29 is 4.79 Å². The molecule has 0 radical (unpaired) electrons. The molecule has 2 rings (SSSR count). The molecule has 0 spiro atoms. The molecule has 0 unspecified atom stereocenters. The number of amides is 1. The summed E-state index contributed by atoms with van der Waals surface area (Å²) in [5.74, 6) is -0.117. The van der Waals surface area contributed by atoms with Gasteiger partial charge in [-0.1, -0.05) is 24.3 Å². The average Bonchev–Trinajstić information content (AvgIpc) is 2.37. The number of pyridine rings is 1. The summed E-state index contributed by atoms with van der Waals surface area (Å²) in [5, 5.41) is 4.80. The van der Waals surface area contributed by atoms with Crippen LogP contribution in [0.5, 0.6) is 0 Å². The van der Waals surface area contributed by atoms with Crippen LogP contribution >= 0.6 is 0 Å². The molecular weight excluding hydrogens is 226 g/mol. The Hall–Kier alpha value is -1.94. The van der Waals surface area contributed by atoms with Crippen molar-refractivity contribution in [1.82, 2.24) is 15.2 Å². The van der Waals surface area contributed by atoms with Gasteiger partial charge in [0, 0.05) is 24.7 Å². The first-order valence-corrected chi connectivity index (χ1v) is 5.95. The van der Waals surface area contributed by atoms with Crippen LogP contribution in [0.1, 0.15) is 10.5 Å². The van der Waals surface area contributed by atoms with E-state index in [1.807, 2.05) is 49.3 Å². The number of carbonyl (C=O) groups is 1. The minimum absolute atomic E-state index is 0.117. The lowest BCUT2D eigenvalue weighted by Gasteiger charge is -2.10. The first-order valence-electron chi connectivity index (χ1n) is 5.95. The van der Waals surface area contributed by atoms with Crippen LogP contribution in [0, 0.1) is 0 Å². The molecule has 94 valence electrons. The van der Waals surface area contributed by atoms with E-state index in [4.69, 9.17) is 0 Å². The van der Waals surface area contributed by atoms with Gasteiger partial charge in [-0.15, -0.1) is 0 Å². The van der Waals surface area contributed by atoms with Crippen molar-refractivity contribution in [1.29, 1.82) is 0 Å². The maximum absolute atomic E-state index is 12.0. The molecule has 0 aliphatic rings. The molecule has 4 heteroatoms. The molecule has 0 aliphatic heterocycles. The van der Waals surface area contributed by atoms with Crippen LogP contribution in [0.3, 0.4) is 0 Å². The minimum Gasteiger partial charge on any atom is -0.349 e. The fraction of sp³-hybridized carbons (Fsp3) is 0.286. The number of nitrogens with one attached hydrogen (secondary N) is 1. The van der Waals surface area contributed by atoms with E-state index >= 15 is 0 Å². The predicted molar refractivity (Wildman–Crippen MR) is 72.6 cm³/mol. The van der Waals surface area contributed by atoms with Crippen LogP contribution in [0.2, 0.25) is 0 Å². The molecular formula is C14H17N3O. The number of rotatable bonds is 4. The highest BCUT2D eigenvalue weighted by Crippen LogP contribution is 2.15. The second kappa shape index (κ2) is 5.60. The highest BCUT2D eigenvalue weighted by molar-refractivity contribution is 6.05. The maximum atomic E-state index is 12.0. The third-order valence-corrected chi connectivity index (χ3v) is 2.73. The molecule has 1 aromatic heterocycles. The summed E-state index contributed by atoms with van der Waals surface area (Å²) in [5.41, 5.74) is 0.492. The summed E-state index contributed by atoms with van der Waals surface area (Å²) in [7, 11) is 3.95. The summed E-state index contributed by atoms with van der Waals surface area (Å²) in [6, 6.07) is 9.68. The van der Waals surface area contributed by atoms with Gasteiger partial charge >= 0.3 is 0 Å². The van der Waals surface area contributed by atoms with E-state index < -0.39 is 0 Å². The van der Waals surface area contributed by atoms with Crippen LogP contribution in [-0.4, -0.2) is 43.0 Å². The van der Waals surface area contributed by atoms with Gasteiger partial charge < -0.3 is 10.2 Å². The highest BCUT2D eigenvalue weighted by Gasteiger charge is 2.10. The number of nitrogens with zero attached hydrogens (tertiary/aromatic N) is 2. The Morgan fingerprint density at radius 3 is 2.83 bits per heavy atom. The number of benzene rings is 1. The summed E-state index contributed by atoms with van der Waals surface area (Å²) in [6.45, 7) is 1.44. The average molecular weight is 243 g/mol. The van der Waals surface area contributed by atoms with Gasteiger partial charge in [-0.25, -0.2) is 0 Å². The Kier molecular flexibility index (Phi) is 3.89. The smallest absolute Gasteiger partial charge is 0.270 e. The molecule has 1 N–H and O–H groups in total. The largest absolute Gasteiger partial charge is 0.349 e. The minimum atomic E-state index is -0.117. The van der Waals surface area contributed by atoms with Gasteiger partial charge in [-0.3, -0.25) is 9.78 Å². The van der Waals surface area contributed by atoms with E-state index in [9.17, 15) is 4.79 Å². The monoisotopic (exact) mass is 243 g/mol. The molecule has 1 amide bonds. The van der Waals surface area contributed by atoms with Gasteiger partial charge in [-0.05, 0) is 25.5 Å². The summed E-state index contributed by atoms with van der Waals surface area (Å²) in [4.78, 5) is 18.3. The zero-order valence-electron chi connectivity index (χ0n) is 10.7. The van der Waals surface area contributed by atoms with Crippen molar-refractivity contribution in [2.24, 2.45) is 0 Å². The Labute approximate surface area is 107 Å². The second-order valence-electron chi connectivity index (χ2n) is 4.44. The van der Waals surface area contributed by atoms with Crippen LogP contribution in [0.4, 0.5) is 0 Å². The third-order valence-electron chi connectivity index (χ3n) is 2.73. The van der Waals surface area contributed by atoms with E-state index in [-0.39, 0.29) is 5.91 Å². The van der Waals surface area contributed by atoms with Gasteiger partial charge in [0.2, 0.25) is 0 Å². The molecule has 2 aromatic rings. The zero-order valence-corrected chi connectivity index (χ0v) is 10.7. The first-order chi connectivity index (χ1) is 8.68. The SMILES string of the molecule is CN(C)CCNC(=O)c1nccc2ccccc12. The van der Waals surface area contributed by atoms with E-state index in [0.29, 0.717) is 12.2 Å². The number of likely N-dealkylation sites (N-methyl/N-ethyl adjacent to an activating group) is 1. The number of fused-ring (bicyclic) bond motifs is 1. The van der Waals surface area contributed by atoms with Gasteiger partial charge in [0.1, 0.15) is 5.69 Å². The van der Waals surface area contributed by atoms with E-state index in [1.54, 1.807) is 6.20 Å². The normalized spacial score (nSPS) is 10.8. The first kappa shape index (κ1) is 12.5. The fourth-order valence-corrected chi connectivity index (χ4v) is 1.78. The van der Waals surface area contributed by atoms with Crippen molar-refractivity contribution in [3.63, 3.8) is 0 Å². The topological polar surface area (TPSA) is 45.2 Å². The number of hydrogen-bond acceptors (Lipinski definition) is 3. The van der Waals surface area contributed by atoms with Gasteiger partial charge in [-0.2, -0.15) is 0 Å². The molecule has 0 fully saturated rings. The summed E-state index contributed by atoms with van der Waals surface area (Å²) in [6.07, 6.45) is 1.67. The molecule has 0 saturated heterocycles. The second-order valence-corrected chi connectivity index (χ2v) is 4.44. The predicted octanol–water partition coefficient (Wildman–Crippen LogP) is 1.53. The Morgan fingerprint density at radius 2 is 2.06 bits per heavy atom. The number of hydrogen-bond donors (Lipinski definition) is 1. The lowest BCUT2D eigenvalue weighted by Crippen LogP contribution is -2.31. The molecule has 0 bridgehead atoms. The van der Waals surface area contributed by atoms with Crippen molar-refractivity contribution >= 4 is 16.7 Å². The fourth-order valence-electron chi connectivity index (χ4n) is 1.78. The zero-order chi connectivity index (χ0) is 13.0. The summed E-state index contributed by atoms with van der Waals surface area (Å²) >= 11 is 0. The van der Waals surface area contributed by atoms with Crippen LogP contribution < -0.4 is 5.32 Å². The molecule has 1 heterocycles. The van der Waals surface area contributed by atoms with E-state index in [2.05, 4.69) is 10.3 Å². The molecule has 0 saturated carbocycles. The van der Waals surface area contributed by atoms with E-state index in [1.165, 1.54) is 0 Å². The van der Waals surface area contributed by atoms with Crippen LogP contribution in [0.25, 0.3) is 10.8 Å². The molecule has 18 heavy (non-hydrogen) atoms. The molecule has 4 nitrogen and oxygen atoms in total. The maximum Gasteiger partial charge on any atom is 0.270 e. The number of aromatic nitrogens is 1. The van der Waals surface area contributed by atoms with Gasteiger partial charge in [0.05, 0.1) is 0 Å². The Morgan fingerprint density at radius 1 is 1.28 bits per heavy atom. The van der Waals surface area contributed by atoms with Crippen molar-refractivity contribution in [3.05, 3.63) is 42.2 Å². The van der Waals surface area contributed by atoms with Crippen LogP contribution in [-0.2, 0) is 0 Å². The summed E-state index contributed by atoms with van der Waals surface area (Å²) < 4.78 is 0. The lowest BCUT2D eigenvalue weighted by molar-refractivity contribution is 0.0948. The van der Waals surface area contributed by atoms with Gasteiger partial charge in [0.25, 0.3) is 5.91 Å². The number of carbonyl (C=O) groups excluding carboxylic acids is 1. The highest BCUT2D eigenvalue weighted by atomic mass is 16.1. The van der Waals surface area contributed by atoms with Crippen LogP contribution in [0.15, 0.2) is 36.5 Å². The van der Waals surface area contributed by atoms with E-state index in [0.717, 1.165) is 17.3 Å². The van der Waals surface area contributed by atoms with Crippen molar-refractivity contribution in [2.45, 2.75) is 0 Å². The molecule has 1 aromatic carbocycles. The Balaban J connectivity index is 2.17.